The standard InChI is InChI=1S/C29H28O4/c1-19(30)21-4-6-22(7-5-21)28(31)33-27-15-11-24(12-16-27)29(18-20-3-8-25(29)17-20)23-9-13-26(32-2)14-10-23/h4-7,9-16,20,25H,3,8,17-18H2,1-2H3. The van der Waals surface area contributed by atoms with Gasteiger partial charge in [0.2, 0.25) is 0 Å². The maximum Gasteiger partial charge on any atom is 0.343 e. The van der Waals surface area contributed by atoms with Crippen molar-refractivity contribution in [2.24, 2.45) is 11.8 Å². The molecule has 2 aliphatic carbocycles. The summed E-state index contributed by atoms with van der Waals surface area (Å²) >= 11 is 0. The lowest BCUT2D eigenvalue weighted by molar-refractivity contribution is 0.0734. The molecule has 0 heterocycles. The van der Waals surface area contributed by atoms with E-state index in [2.05, 4.69) is 36.4 Å². The molecule has 5 rings (SSSR count). The van der Waals surface area contributed by atoms with Gasteiger partial charge in [-0.05, 0) is 85.5 Å². The number of esters is 1. The third-order valence-corrected chi connectivity index (χ3v) is 7.56. The molecule has 2 saturated carbocycles. The van der Waals surface area contributed by atoms with Gasteiger partial charge in [0.1, 0.15) is 11.5 Å². The van der Waals surface area contributed by atoms with Gasteiger partial charge in [-0.2, -0.15) is 0 Å². The fraction of sp³-hybridized carbons (Fsp3) is 0.310. The normalized spacial score (nSPS) is 23.3. The molecule has 4 heteroatoms. The van der Waals surface area contributed by atoms with Crippen LogP contribution in [0.25, 0.3) is 0 Å². The second-order valence-electron chi connectivity index (χ2n) is 9.33. The van der Waals surface area contributed by atoms with Gasteiger partial charge < -0.3 is 9.47 Å². The molecule has 0 radical (unpaired) electrons. The minimum absolute atomic E-state index is 0.000246. The maximum absolute atomic E-state index is 12.6. The summed E-state index contributed by atoms with van der Waals surface area (Å²) in [4.78, 5) is 24.0. The highest BCUT2D eigenvalue weighted by Crippen LogP contribution is 2.60. The zero-order valence-corrected chi connectivity index (χ0v) is 19.0. The molecular weight excluding hydrogens is 412 g/mol. The van der Waals surface area contributed by atoms with Gasteiger partial charge in [0.15, 0.2) is 5.78 Å². The molecule has 3 atom stereocenters. The van der Waals surface area contributed by atoms with Crippen LogP contribution in [0.2, 0.25) is 0 Å². The molecule has 0 spiro atoms. The highest BCUT2D eigenvalue weighted by molar-refractivity contribution is 5.96. The van der Waals surface area contributed by atoms with E-state index in [9.17, 15) is 9.59 Å². The Labute approximate surface area is 194 Å². The summed E-state index contributed by atoms with van der Waals surface area (Å²) in [5, 5.41) is 0. The number of hydrogen-bond acceptors (Lipinski definition) is 4. The maximum atomic E-state index is 12.6. The van der Waals surface area contributed by atoms with Gasteiger partial charge in [-0.15, -0.1) is 0 Å². The Morgan fingerprint density at radius 1 is 0.788 bits per heavy atom. The first-order valence-electron chi connectivity index (χ1n) is 11.6. The van der Waals surface area contributed by atoms with Gasteiger partial charge in [0.05, 0.1) is 12.7 Å². The highest BCUT2D eigenvalue weighted by atomic mass is 16.5. The first-order chi connectivity index (χ1) is 16.0. The molecule has 3 unspecified atom stereocenters. The van der Waals surface area contributed by atoms with Crippen LogP contribution in [0.1, 0.15) is 64.4 Å². The van der Waals surface area contributed by atoms with E-state index in [1.165, 1.54) is 37.3 Å². The monoisotopic (exact) mass is 440 g/mol. The molecule has 0 aliphatic heterocycles. The van der Waals surface area contributed by atoms with Crippen molar-refractivity contribution in [1.82, 2.24) is 0 Å². The second kappa shape index (κ2) is 8.51. The molecule has 4 nitrogen and oxygen atoms in total. The van der Waals surface area contributed by atoms with E-state index in [4.69, 9.17) is 9.47 Å². The Hall–Kier alpha value is -3.40. The van der Waals surface area contributed by atoms with Crippen LogP contribution in [0, 0.1) is 11.8 Å². The van der Waals surface area contributed by atoms with Gasteiger partial charge in [-0.1, -0.05) is 42.8 Å². The second-order valence-corrected chi connectivity index (χ2v) is 9.33. The third kappa shape index (κ3) is 3.84. The van der Waals surface area contributed by atoms with Crippen LogP contribution >= 0.6 is 0 Å². The number of rotatable bonds is 6. The quantitative estimate of drug-likeness (QED) is 0.259. The Morgan fingerprint density at radius 3 is 1.85 bits per heavy atom. The summed E-state index contributed by atoms with van der Waals surface area (Å²) in [5.74, 6) is 2.33. The van der Waals surface area contributed by atoms with Gasteiger partial charge in [0, 0.05) is 11.0 Å². The Kier molecular flexibility index (Phi) is 5.53. The molecule has 0 saturated heterocycles. The Balaban J connectivity index is 1.39. The summed E-state index contributed by atoms with van der Waals surface area (Å²) < 4.78 is 11.0. The van der Waals surface area contributed by atoms with E-state index in [1.54, 1.807) is 31.4 Å². The van der Waals surface area contributed by atoms with Crippen molar-refractivity contribution in [3.63, 3.8) is 0 Å². The van der Waals surface area contributed by atoms with Gasteiger partial charge >= 0.3 is 5.97 Å². The van der Waals surface area contributed by atoms with Crippen LogP contribution < -0.4 is 9.47 Å². The van der Waals surface area contributed by atoms with Crippen LogP contribution in [-0.2, 0) is 5.41 Å². The first-order valence-corrected chi connectivity index (χ1v) is 11.6. The van der Waals surface area contributed by atoms with Crippen molar-refractivity contribution in [3.05, 3.63) is 95.1 Å². The van der Waals surface area contributed by atoms with Crippen molar-refractivity contribution < 1.29 is 19.1 Å². The highest BCUT2D eigenvalue weighted by Gasteiger charge is 2.52. The van der Waals surface area contributed by atoms with Crippen molar-refractivity contribution >= 4 is 11.8 Å². The summed E-state index contributed by atoms with van der Waals surface area (Å²) in [5.41, 5.74) is 3.62. The van der Waals surface area contributed by atoms with Crippen molar-refractivity contribution in [3.8, 4) is 11.5 Å². The van der Waals surface area contributed by atoms with Crippen LogP contribution in [0.5, 0.6) is 11.5 Å². The molecule has 0 amide bonds. The predicted molar refractivity (Wildman–Crippen MR) is 127 cm³/mol. The number of hydrogen-bond donors (Lipinski definition) is 0. The number of methoxy groups -OCH3 is 1. The summed E-state index contributed by atoms with van der Waals surface area (Å²) in [6.45, 7) is 1.50. The number of fused-ring (bicyclic) bond motifs is 2. The van der Waals surface area contributed by atoms with E-state index >= 15 is 0 Å². The predicted octanol–water partition coefficient (Wildman–Crippen LogP) is 6.22. The lowest BCUT2D eigenvalue weighted by atomic mass is 9.64. The molecule has 0 aromatic heterocycles. The zero-order chi connectivity index (χ0) is 23.0. The average molecular weight is 441 g/mol. The SMILES string of the molecule is COc1ccc(C2(c3ccc(OC(=O)c4ccc(C(C)=O)cc4)cc3)CC3CCC2C3)cc1. The Bertz CT molecular complexity index is 1160. The number of Topliss-reactive ketones (excluding diaryl/α,β-unsaturated/α-hetero) is 1. The molecule has 2 fully saturated rings. The lowest BCUT2D eigenvalue weighted by Gasteiger charge is -2.39. The number of benzene rings is 3. The van der Waals surface area contributed by atoms with Crippen LogP contribution in [0.4, 0.5) is 0 Å². The molecular formula is C29H28O4. The third-order valence-electron chi connectivity index (χ3n) is 7.56. The van der Waals surface area contributed by atoms with Gasteiger partial charge in [0.25, 0.3) is 0 Å². The van der Waals surface area contributed by atoms with Crippen LogP contribution in [0.15, 0.2) is 72.8 Å². The van der Waals surface area contributed by atoms with E-state index in [0.29, 0.717) is 22.8 Å². The topological polar surface area (TPSA) is 52.6 Å². The number of carbonyl (C=O) groups is 2. The molecule has 3 aromatic rings. The van der Waals surface area contributed by atoms with Crippen LogP contribution in [0.3, 0.4) is 0 Å². The molecule has 168 valence electrons. The first kappa shape index (κ1) is 21.4. The van der Waals surface area contributed by atoms with Crippen molar-refractivity contribution in [2.75, 3.05) is 7.11 Å². The minimum atomic E-state index is -0.428. The average Bonchev–Trinajstić information content (AvgIpc) is 3.47. The number of carbonyl (C=O) groups excluding carboxylic acids is 2. The van der Waals surface area contributed by atoms with E-state index in [-0.39, 0.29) is 11.2 Å². The molecule has 2 aliphatic rings. The fourth-order valence-corrected chi connectivity index (χ4v) is 5.92. The smallest absolute Gasteiger partial charge is 0.343 e. The molecule has 0 N–H and O–H groups in total. The molecule has 2 bridgehead atoms. The minimum Gasteiger partial charge on any atom is -0.497 e. The fourth-order valence-electron chi connectivity index (χ4n) is 5.92. The molecule has 33 heavy (non-hydrogen) atoms. The van der Waals surface area contributed by atoms with E-state index in [1.807, 2.05) is 12.1 Å². The Morgan fingerprint density at radius 2 is 1.36 bits per heavy atom. The van der Waals surface area contributed by atoms with E-state index in [0.717, 1.165) is 18.1 Å². The number of ketones is 1. The summed E-state index contributed by atoms with van der Waals surface area (Å²) in [6, 6.07) is 23.1. The van der Waals surface area contributed by atoms with Crippen molar-refractivity contribution in [2.45, 2.75) is 38.0 Å². The summed E-state index contributed by atoms with van der Waals surface area (Å²) in [6.07, 6.45) is 5.01. The lowest BCUT2D eigenvalue weighted by Crippen LogP contribution is -2.34. The zero-order valence-electron chi connectivity index (χ0n) is 19.0. The summed E-state index contributed by atoms with van der Waals surface area (Å²) in [7, 11) is 1.69. The molecule has 3 aromatic carbocycles. The van der Waals surface area contributed by atoms with E-state index < -0.39 is 5.97 Å². The van der Waals surface area contributed by atoms with Gasteiger partial charge in [-0.25, -0.2) is 4.79 Å². The van der Waals surface area contributed by atoms with Crippen molar-refractivity contribution in [1.29, 1.82) is 0 Å². The van der Waals surface area contributed by atoms with Crippen LogP contribution in [-0.4, -0.2) is 18.9 Å². The largest absolute Gasteiger partial charge is 0.497 e. The number of ether oxygens (including phenoxy) is 2. The van der Waals surface area contributed by atoms with Gasteiger partial charge in [-0.3, -0.25) is 4.79 Å².